The highest BCUT2D eigenvalue weighted by Gasteiger charge is 2.52. The van der Waals surface area contributed by atoms with Gasteiger partial charge >= 0.3 is 0 Å². The number of hydrogen-bond donors (Lipinski definition) is 2. The molecule has 4 bridgehead atoms. The molecule has 1 aromatic carbocycles. The summed E-state index contributed by atoms with van der Waals surface area (Å²) in [6.07, 6.45) is 7.86. The smallest absolute Gasteiger partial charge is 0.240 e. The first-order valence-corrected chi connectivity index (χ1v) is 12.8. The van der Waals surface area contributed by atoms with Gasteiger partial charge in [-0.05, 0) is 80.9 Å². The highest BCUT2D eigenvalue weighted by atomic mass is 32.2. The normalized spacial score (nSPS) is 36.1. The fraction of sp³-hybridized carbons (Fsp3) is 0.696. The average molecular weight is 433 g/mol. The van der Waals surface area contributed by atoms with E-state index in [1.54, 1.807) is 12.1 Å². The number of sulfonamides is 1. The molecule has 0 spiro atoms. The second-order valence-corrected chi connectivity index (χ2v) is 11.9. The van der Waals surface area contributed by atoms with Crippen LogP contribution in [0.5, 0.6) is 0 Å². The molecule has 2 atom stereocenters. The van der Waals surface area contributed by atoms with Crippen LogP contribution < -0.4 is 10.0 Å². The zero-order valence-electron chi connectivity index (χ0n) is 17.6. The van der Waals surface area contributed by atoms with Gasteiger partial charge in [-0.2, -0.15) is 0 Å². The van der Waals surface area contributed by atoms with Crippen molar-refractivity contribution >= 4 is 15.9 Å². The summed E-state index contributed by atoms with van der Waals surface area (Å²) in [6.45, 7) is 2.88. The van der Waals surface area contributed by atoms with Crippen LogP contribution in [0.2, 0.25) is 0 Å². The molecule has 7 heteroatoms. The SMILES string of the molecule is CC(CNS(=O)(=O)c1ccc(C2CNC(=O)C2)cc1)OC12CC3CC(CC(C3)C1)C2. The van der Waals surface area contributed by atoms with E-state index in [-0.39, 0.29) is 35.0 Å². The van der Waals surface area contributed by atoms with Crippen molar-refractivity contribution in [1.82, 2.24) is 10.0 Å². The lowest BCUT2D eigenvalue weighted by atomic mass is 9.54. The summed E-state index contributed by atoms with van der Waals surface area (Å²) in [6, 6.07) is 6.89. The Balaban J connectivity index is 1.18. The standard InChI is InChI=1S/C23H32N2O4S/c1-15(29-23-10-16-6-17(11-23)8-18(7-16)12-23)13-25-30(27,28)21-4-2-19(3-5-21)20-9-22(26)24-14-20/h2-5,15-18,20,25H,6-14H2,1H3,(H,24,26). The zero-order chi connectivity index (χ0) is 20.9. The van der Waals surface area contributed by atoms with E-state index in [9.17, 15) is 13.2 Å². The molecule has 4 aliphatic carbocycles. The van der Waals surface area contributed by atoms with Gasteiger partial charge in [0.25, 0.3) is 0 Å². The van der Waals surface area contributed by atoms with Crippen LogP contribution in [0.15, 0.2) is 29.2 Å². The molecule has 6 nitrogen and oxygen atoms in total. The van der Waals surface area contributed by atoms with Gasteiger partial charge < -0.3 is 10.1 Å². The molecule has 1 saturated heterocycles. The predicted octanol–water partition coefficient (Wildman–Crippen LogP) is 2.94. The minimum Gasteiger partial charge on any atom is -0.371 e. The third kappa shape index (κ3) is 4.04. The monoisotopic (exact) mass is 432 g/mol. The fourth-order valence-electron chi connectivity index (χ4n) is 6.71. The van der Waals surface area contributed by atoms with Gasteiger partial charge in [-0.3, -0.25) is 4.79 Å². The van der Waals surface area contributed by atoms with Gasteiger partial charge in [0.05, 0.1) is 16.6 Å². The Morgan fingerprint density at radius 1 is 1.10 bits per heavy atom. The van der Waals surface area contributed by atoms with E-state index in [4.69, 9.17) is 4.74 Å². The van der Waals surface area contributed by atoms with Crippen molar-refractivity contribution in [2.75, 3.05) is 13.1 Å². The third-order valence-corrected chi connectivity index (χ3v) is 9.07. The van der Waals surface area contributed by atoms with Gasteiger partial charge in [0.2, 0.25) is 15.9 Å². The van der Waals surface area contributed by atoms with Crippen molar-refractivity contribution < 1.29 is 17.9 Å². The minimum atomic E-state index is -3.59. The van der Waals surface area contributed by atoms with E-state index < -0.39 is 10.0 Å². The molecule has 5 fully saturated rings. The molecule has 0 radical (unpaired) electrons. The molecule has 1 aromatic rings. The van der Waals surface area contributed by atoms with Gasteiger partial charge in [-0.15, -0.1) is 0 Å². The molecule has 1 amide bonds. The van der Waals surface area contributed by atoms with Gasteiger partial charge in [0, 0.05) is 25.4 Å². The Labute approximate surface area is 179 Å². The van der Waals surface area contributed by atoms with Crippen molar-refractivity contribution in [3.63, 3.8) is 0 Å². The van der Waals surface area contributed by atoms with E-state index in [0.29, 0.717) is 13.0 Å². The highest BCUT2D eigenvalue weighted by Crippen LogP contribution is 2.57. The number of ether oxygens (including phenoxy) is 1. The first-order chi connectivity index (χ1) is 14.3. The predicted molar refractivity (Wildman–Crippen MR) is 113 cm³/mol. The Morgan fingerprint density at radius 3 is 2.23 bits per heavy atom. The first kappa shape index (κ1) is 20.5. The van der Waals surface area contributed by atoms with E-state index in [0.717, 1.165) is 42.6 Å². The summed E-state index contributed by atoms with van der Waals surface area (Å²) in [5.74, 6) is 2.60. The number of hydrogen-bond acceptors (Lipinski definition) is 4. The fourth-order valence-corrected chi connectivity index (χ4v) is 7.83. The van der Waals surface area contributed by atoms with Crippen LogP contribution in [0.1, 0.15) is 63.4 Å². The quantitative estimate of drug-likeness (QED) is 0.694. The maximum absolute atomic E-state index is 12.8. The zero-order valence-corrected chi connectivity index (χ0v) is 18.4. The van der Waals surface area contributed by atoms with Gasteiger partial charge in [0.15, 0.2) is 0 Å². The molecule has 6 rings (SSSR count). The second kappa shape index (κ2) is 7.61. The summed E-state index contributed by atoms with van der Waals surface area (Å²) >= 11 is 0. The Hall–Kier alpha value is -1.44. The molecular formula is C23H32N2O4S. The molecule has 5 aliphatic rings. The van der Waals surface area contributed by atoms with Crippen molar-refractivity contribution in [2.24, 2.45) is 17.8 Å². The lowest BCUT2D eigenvalue weighted by Gasteiger charge is -2.57. The van der Waals surface area contributed by atoms with Gasteiger partial charge in [0.1, 0.15) is 0 Å². The van der Waals surface area contributed by atoms with Crippen molar-refractivity contribution in [1.29, 1.82) is 0 Å². The van der Waals surface area contributed by atoms with Gasteiger partial charge in [-0.1, -0.05) is 12.1 Å². The average Bonchev–Trinajstić information content (AvgIpc) is 3.12. The minimum absolute atomic E-state index is 0.0198. The first-order valence-electron chi connectivity index (χ1n) is 11.3. The maximum Gasteiger partial charge on any atom is 0.240 e. The van der Waals surface area contributed by atoms with Crippen molar-refractivity contribution in [3.8, 4) is 0 Å². The summed E-state index contributed by atoms with van der Waals surface area (Å²) in [4.78, 5) is 11.7. The van der Waals surface area contributed by atoms with Crippen LogP contribution in [0, 0.1) is 17.8 Å². The third-order valence-electron chi connectivity index (χ3n) is 7.63. The van der Waals surface area contributed by atoms with Crippen molar-refractivity contribution in [3.05, 3.63) is 29.8 Å². The molecule has 2 N–H and O–H groups in total. The van der Waals surface area contributed by atoms with E-state index >= 15 is 0 Å². The molecule has 0 aromatic heterocycles. The number of rotatable bonds is 7. The maximum atomic E-state index is 12.8. The molecule has 164 valence electrons. The Morgan fingerprint density at radius 2 is 1.70 bits per heavy atom. The second-order valence-electron chi connectivity index (χ2n) is 10.2. The molecule has 2 unspecified atom stereocenters. The number of nitrogens with one attached hydrogen (secondary N) is 2. The molecule has 1 heterocycles. The molecule has 1 aliphatic heterocycles. The van der Waals surface area contributed by atoms with Crippen LogP contribution in [0.3, 0.4) is 0 Å². The highest BCUT2D eigenvalue weighted by molar-refractivity contribution is 7.89. The molecule has 4 saturated carbocycles. The largest absolute Gasteiger partial charge is 0.371 e. The number of amides is 1. The molecule has 30 heavy (non-hydrogen) atoms. The summed E-state index contributed by atoms with van der Waals surface area (Å²) in [5.41, 5.74) is 0.972. The summed E-state index contributed by atoms with van der Waals surface area (Å²) in [5, 5.41) is 2.82. The van der Waals surface area contributed by atoms with Crippen LogP contribution in [0.25, 0.3) is 0 Å². The topological polar surface area (TPSA) is 84.5 Å². The lowest BCUT2D eigenvalue weighted by Crippen LogP contribution is -2.53. The summed E-state index contributed by atoms with van der Waals surface area (Å²) < 4.78 is 34.8. The van der Waals surface area contributed by atoms with Crippen molar-refractivity contribution in [2.45, 2.75) is 74.4 Å². The van der Waals surface area contributed by atoms with Crippen LogP contribution in [0.4, 0.5) is 0 Å². The number of carbonyl (C=O) groups excluding carboxylic acids is 1. The van der Waals surface area contributed by atoms with Crippen LogP contribution in [-0.2, 0) is 19.6 Å². The number of carbonyl (C=O) groups is 1. The number of benzene rings is 1. The van der Waals surface area contributed by atoms with E-state index in [1.807, 2.05) is 19.1 Å². The lowest BCUT2D eigenvalue weighted by molar-refractivity contribution is -0.182. The van der Waals surface area contributed by atoms with E-state index in [1.165, 1.54) is 19.3 Å². The van der Waals surface area contributed by atoms with E-state index in [2.05, 4.69) is 10.0 Å². The Bertz CT molecular complexity index is 876. The van der Waals surface area contributed by atoms with Crippen LogP contribution in [-0.4, -0.2) is 39.1 Å². The van der Waals surface area contributed by atoms with Crippen LogP contribution >= 0.6 is 0 Å². The molecular weight excluding hydrogens is 400 g/mol. The summed E-state index contributed by atoms with van der Waals surface area (Å²) in [7, 11) is -3.59. The van der Waals surface area contributed by atoms with Gasteiger partial charge in [-0.25, -0.2) is 13.1 Å². The Kier molecular flexibility index (Phi) is 5.19.